The summed E-state index contributed by atoms with van der Waals surface area (Å²) in [5, 5.41) is 14.0. The number of aromatic nitrogens is 4. The zero-order valence-electron chi connectivity index (χ0n) is 13.6. The monoisotopic (exact) mass is 331 g/mol. The van der Waals surface area contributed by atoms with E-state index in [1.165, 1.54) is 11.1 Å². The number of carbonyl (C=O) groups is 1. The molecule has 25 heavy (non-hydrogen) atoms. The van der Waals surface area contributed by atoms with E-state index in [0.717, 1.165) is 6.42 Å². The van der Waals surface area contributed by atoms with Crippen LogP contribution in [0.1, 0.15) is 22.3 Å². The number of nitrogens with one attached hydrogen (secondary N) is 1. The Kier molecular flexibility index (Phi) is 4.08. The number of aromatic amines is 1. The molecule has 1 N–H and O–H groups in total. The zero-order valence-corrected chi connectivity index (χ0v) is 13.6. The lowest BCUT2D eigenvalue weighted by Crippen LogP contribution is -2.35. The molecule has 0 saturated carbocycles. The Morgan fingerprint density at radius 2 is 1.84 bits per heavy atom. The number of H-pyrrole nitrogens is 1. The van der Waals surface area contributed by atoms with Crippen LogP contribution in [0.5, 0.6) is 0 Å². The fourth-order valence-electron chi connectivity index (χ4n) is 3.08. The molecule has 1 aromatic heterocycles. The molecule has 3 aromatic rings. The third kappa shape index (κ3) is 3.06. The molecule has 124 valence electrons. The molecule has 0 aliphatic carbocycles. The van der Waals surface area contributed by atoms with Gasteiger partial charge in [-0.3, -0.25) is 4.79 Å². The highest BCUT2D eigenvalue weighted by Gasteiger charge is 2.22. The molecule has 0 spiro atoms. The first-order valence-electron chi connectivity index (χ1n) is 8.19. The van der Waals surface area contributed by atoms with Crippen molar-refractivity contribution >= 4 is 11.5 Å². The summed E-state index contributed by atoms with van der Waals surface area (Å²) in [7, 11) is 0. The van der Waals surface area contributed by atoms with E-state index in [0.29, 0.717) is 30.0 Å². The van der Waals surface area contributed by atoms with Gasteiger partial charge in [-0.25, -0.2) is 0 Å². The highest BCUT2D eigenvalue weighted by Crippen LogP contribution is 2.25. The van der Waals surface area contributed by atoms with Crippen LogP contribution in [0.25, 0.3) is 17.0 Å². The molecule has 1 amide bonds. The second kappa shape index (κ2) is 6.68. The minimum Gasteiger partial charge on any atom is -0.335 e. The van der Waals surface area contributed by atoms with Crippen LogP contribution in [0.2, 0.25) is 0 Å². The normalized spacial score (nSPS) is 14.2. The van der Waals surface area contributed by atoms with Gasteiger partial charge in [0.25, 0.3) is 5.91 Å². The van der Waals surface area contributed by atoms with E-state index in [9.17, 15) is 4.79 Å². The molecule has 0 bridgehead atoms. The first-order chi connectivity index (χ1) is 12.3. The van der Waals surface area contributed by atoms with Crippen molar-refractivity contribution in [2.24, 2.45) is 0 Å². The predicted octanol–water partition coefficient (Wildman–Crippen LogP) is 2.80. The van der Waals surface area contributed by atoms with Gasteiger partial charge in [-0.2, -0.15) is 5.21 Å². The fraction of sp³-hybridized carbons (Fsp3) is 0.158. The van der Waals surface area contributed by atoms with Crippen LogP contribution in [0.4, 0.5) is 0 Å². The Labute approximate surface area is 145 Å². The summed E-state index contributed by atoms with van der Waals surface area (Å²) in [6, 6.07) is 17.7. The van der Waals surface area contributed by atoms with Crippen LogP contribution in [-0.4, -0.2) is 44.5 Å². The molecule has 1 aliphatic rings. The van der Waals surface area contributed by atoms with Crippen molar-refractivity contribution in [1.29, 1.82) is 0 Å². The summed E-state index contributed by atoms with van der Waals surface area (Å²) in [5.41, 5.74) is 3.80. The Morgan fingerprint density at radius 3 is 2.56 bits per heavy atom. The third-order valence-corrected chi connectivity index (χ3v) is 4.38. The Balaban J connectivity index is 1.57. The van der Waals surface area contributed by atoms with Crippen molar-refractivity contribution < 1.29 is 4.79 Å². The largest absolute Gasteiger partial charge is 0.335 e. The summed E-state index contributed by atoms with van der Waals surface area (Å²) in [4.78, 5) is 14.8. The van der Waals surface area contributed by atoms with Gasteiger partial charge < -0.3 is 4.90 Å². The molecule has 0 atom stereocenters. The summed E-state index contributed by atoms with van der Waals surface area (Å²) >= 11 is 0. The van der Waals surface area contributed by atoms with Crippen LogP contribution in [0.3, 0.4) is 0 Å². The van der Waals surface area contributed by atoms with Gasteiger partial charge >= 0.3 is 0 Å². The minimum absolute atomic E-state index is 0.0104. The number of nitrogens with zero attached hydrogens (tertiary/aromatic N) is 4. The van der Waals surface area contributed by atoms with Gasteiger partial charge in [-0.1, -0.05) is 54.6 Å². The molecule has 6 nitrogen and oxygen atoms in total. The Hall–Kier alpha value is -3.28. The molecular weight excluding hydrogens is 314 g/mol. The Morgan fingerprint density at radius 1 is 1.04 bits per heavy atom. The molecule has 4 rings (SSSR count). The number of rotatable bonds is 3. The summed E-state index contributed by atoms with van der Waals surface area (Å²) in [6.45, 7) is 1.30. The average molecular weight is 331 g/mol. The molecule has 0 radical (unpaired) electrons. The zero-order chi connectivity index (χ0) is 17.1. The molecule has 0 saturated heterocycles. The topological polar surface area (TPSA) is 74.8 Å². The standard InChI is InChI=1S/C19H17N5O/c25-19(17-9-5-4-8-16(17)18-20-22-23-21-18)24-12-10-15(11-13-24)14-6-2-1-3-7-14/h1-10H,11-13H2,(H,20,21,22,23). The van der Waals surface area contributed by atoms with E-state index in [4.69, 9.17) is 0 Å². The van der Waals surface area contributed by atoms with E-state index >= 15 is 0 Å². The van der Waals surface area contributed by atoms with Crippen LogP contribution >= 0.6 is 0 Å². The van der Waals surface area contributed by atoms with E-state index in [1.807, 2.05) is 47.4 Å². The number of hydrogen-bond acceptors (Lipinski definition) is 4. The molecule has 0 unspecified atom stereocenters. The quantitative estimate of drug-likeness (QED) is 0.801. The van der Waals surface area contributed by atoms with Crippen molar-refractivity contribution in [2.75, 3.05) is 13.1 Å². The molecule has 6 heteroatoms. The lowest BCUT2D eigenvalue weighted by molar-refractivity contribution is 0.0773. The van der Waals surface area contributed by atoms with Gasteiger partial charge in [-0.05, 0) is 28.8 Å². The van der Waals surface area contributed by atoms with Crippen molar-refractivity contribution in [3.05, 3.63) is 71.8 Å². The Bertz CT molecular complexity index is 903. The molecule has 0 fully saturated rings. The van der Waals surface area contributed by atoms with E-state index in [1.54, 1.807) is 0 Å². The number of hydrogen-bond donors (Lipinski definition) is 1. The number of tetrazole rings is 1. The van der Waals surface area contributed by atoms with Gasteiger partial charge in [0.15, 0.2) is 0 Å². The molecular formula is C19H17N5O. The highest BCUT2D eigenvalue weighted by molar-refractivity contribution is 6.00. The first kappa shape index (κ1) is 15.3. The van der Waals surface area contributed by atoms with Crippen molar-refractivity contribution in [3.8, 4) is 11.4 Å². The first-order valence-corrected chi connectivity index (χ1v) is 8.19. The second-order valence-electron chi connectivity index (χ2n) is 5.88. The smallest absolute Gasteiger partial charge is 0.254 e. The number of benzene rings is 2. The minimum atomic E-state index is -0.0104. The van der Waals surface area contributed by atoms with Crippen LogP contribution in [-0.2, 0) is 0 Å². The summed E-state index contributed by atoms with van der Waals surface area (Å²) < 4.78 is 0. The van der Waals surface area contributed by atoms with Crippen LogP contribution in [0.15, 0.2) is 60.7 Å². The van der Waals surface area contributed by atoms with Crippen molar-refractivity contribution in [3.63, 3.8) is 0 Å². The maximum atomic E-state index is 13.0. The molecule has 1 aliphatic heterocycles. The van der Waals surface area contributed by atoms with Gasteiger partial charge in [0.2, 0.25) is 5.82 Å². The lowest BCUT2D eigenvalue weighted by Gasteiger charge is -2.27. The molecule has 2 heterocycles. The van der Waals surface area contributed by atoms with Gasteiger partial charge in [0.1, 0.15) is 0 Å². The average Bonchev–Trinajstić information content (AvgIpc) is 3.23. The SMILES string of the molecule is O=C(c1ccccc1-c1nn[nH]n1)N1CC=C(c2ccccc2)CC1. The van der Waals surface area contributed by atoms with E-state index in [-0.39, 0.29) is 5.91 Å². The fourth-order valence-corrected chi connectivity index (χ4v) is 3.08. The van der Waals surface area contributed by atoms with Gasteiger partial charge in [0.05, 0.1) is 5.56 Å². The third-order valence-electron chi connectivity index (χ3n) is 4.38. The van der Waals surface area contributed by atoms with E-state index in [2.05, 4.69) is 38.8 Å². The highest BCUT2D eigenvalue weighted by atomic mass is 16.2. The summed E-state index contributed by atoms with van der Waals surface area (Å²) in [5.74, 6) is 0.422. The van der Waals surface area contributed by atoms with Crippen molar-refractivity contribution in [2.45, 2.75) is 6.42 Å². The van der Waals surface area contributed by atoms with Crippen LogP contribution < -0.4 is 0 Å². The van der Waals surface area contributed by atoms with Gasteiger partial charge in [-0.15, -0.1) is 10.2 Å². The molecule has 2 aromatic carbocycles. The number of carbonyl (C=O) groups excluding carboxylic acids is 1. The van der Waals surface area contributed by atoms with Crippen LogP contribution in [0, 0.1) is 0 Å². The van der Waals surface area contributed by atoms with Crippen molar-refractivity contribution in [1.82, 2.24) is 25.5 Å². The lowest BCUT2D eigenvalue weighted by atomic mass is 9.98. The second-order valence-corrected chi connectivity index (χ2v) is 5.88. The van der Waals surface area contributed by atoms with Gasteiger partial charge in [0, 0.05) is 18.7 Å². The number of amides is 1. The predicted molar refractivity (Wildman–Crippen MR) is 94.6 cm³/mol. The summed E-state index contributed by atoms with van der Waals surface area (Å²) in [6.07, 6.45) is 2.98. The maximum absolute atomic E-state index is 13.0. The van der Waals surface area contributed by atoms with E-state index < -0.39 is 0 Å². The maximum Gasteiger partial charge on any atom is 0.254 e.